The van der Waals surface area contributed by atoms with Crippen LogP contribution in [0.4, 0.5) is 0 Å². The highest BCUT2D eigenvalue weighted by molar-refractivity contribution is 6.11. The van der Waals surface area contributed by atoms with Gasteiger partial charge in [0.05, 0.1) is 0 Å². The molecule has 2 N–H and O–H groups in total. The Morgan fingerprint density at radius 2 is 0.660 bits per heavy atom. The molecular formula is C94H71N9. The summed E-state index contributed by atoms with van der Waals surface area (Å²) in [6.45, 7) is 7.47. The van der Waals surface area contributed by atoms with Crippen molar-refractivity contribution in [2.45, 2.75) is 25.2 Å². The molecule has 0 aliphatic heterocycles. The Kier molecular flexibility index (Phi) is 17.9. The van der Waals surface area contributed by atoms with Gasteiger partial charge in [-0.1, -0.05) is 293 Å². The first kappa shape index (κ1) is 64.4. The second-order valence-corrected chi connectivity index (χ2v) is 26.0. The fourth-order valence-corrected chi connectivity index (χ4v) is 14.5. The molecule has 16 rings (SSSR count). The van der Waals surface area contributed by atoms with E-state index >= 15 is 0 Å². The molecule has 1 aliphatic carbocycles. The van der Waals surface area contributed by atoms with Gasteiger partial charge in [-0.05, 0) is 163 Å². The predicted molar refractivity (Wildman–Crippen MR) is 422 cm³/mol. The van der Waals surface area contributed by atoms with Crippen molar-refractivity contribution in [3.8, 4) is 124 Å². The van der Waals surface area contributed by atoms with Crippen LogP contribution < -0.4 is 5.32 Å². The molecule has 492 valence electrons. The minimum Gasteiger partial charge on any atom is -0.373 e. The molecule has 0 amide bonds. The molecule has 0 saturated carbocycles. The number of fused-ring (bicyclic) bond motifs is 3. The van der Waals surface area contributed by atoms with E-state index in [1.807, 2.05) is 141 Å². The number of aromatic nitrogens is 6. The van der Waals surface area contributed by atoms with Gasteiger partial charge in [-0.3, -0.25) is 5.41 Å². The van der Waals surface area contributed by atoms with E-state index in [0.717, 1.165) is 129 Å². The Morgan fingerprint density at radius 3 is 1.03 bits per heavy atom. The van der Waals surface area contributed by atoms with E-state index in [9.17, 15) is 5.41 Å². The van der Waals surface area contributed by atoms with Gasteiger partial charge in [0.25, 0.3) is 0 Å². The van der Waals surface area contributed by atoms with Crippen LogP contribution in [-0.2, 0) is 5.41 Å². The van der Waals surface area contributed by atoms with Crippen LogP contribution >= 0.6 is 0 Å². The highest BCUT2D eigenvalue weighted by Crippen LogP contribution is 2.58. The largest absolute Gasteiger partial charge is 0.373 e. The molecule has 9 nitrogen and oxygen atoms in total. The number of benzene rings is 13. The summed E-state index contributed by atoms with van der Waals surface area (Å²) in [4.78, 5) is 37.5. The molecule has 13 aromatic carbocycles. The first-order chi connectivity index (χ1) is 50.7. The fourth-order valence-electron chi connectivity index (χ4n) is 14.5. The lowest BCUT2D eigenvalue weighted by Crippen LogP contribution is -2.31. The molecule has 15 aromatic rings. The van der Waals surface area contributed by atoms with Gasteiger partial charge in [0.2, 0.25) is 0 Å². The summed E-state index contributed by atoms with van der Waals surface area (Å²) in [7, 11) is 1.88. The van der Waals surface area contributed by atoms with Gasteiger partial charge in [-0.15, -0.1) is 0 Å². The lowest BCUT2D eigenvalue weighted by Gasteiger charge is -2.38. The molecule has 0 bridgehead atoms. The van der Waals surface area contributed by atoms with Crippen molar-refractivity contribution in [3.05, 3.63) is 380 Å². The van der Waals surface area contributed by atoms with E-state index < -0.39 is 5.41 Å². The van der Waals surface area contributed by atoms with Crippen molar-refractivity contribution in [1.82, 2.24) is 35.2 Å². The average molecular weight is 1330 g/mol. The van der Waals surface area contributed by atoms with E-state index in [4.69, 9.17) is 41.5 Å². The van der Waals surface area contributed by atoms with Crippen molar-refractivity contribution in [1.29, 1.82) is 5.41 Å². The first-order valence-corrected chi connectivity index (χ1v) is 34.9. The van der Waals surface area contributed by atoms with E-state index in [0.29, 0.717) is 52.8 Å². The Balaban J connectivity index is 0.954. The molecule has 103 heavy (non-hydrogen) atoms. The maximum Gasteiger partial charge on any atom is 0.164 e. The van der Waals surface area contributed by atoms with Crippen LogP contribution in [-0.4, -0.2) is 48.6 Å². The van der Waals surface area contributed by atoms with E-state index in [-0.39, 0.29) is 11.8 Å². The van der Waals surface area contributed by atoms with Crippen LogP contribution in [0, 0.1) is 11.3 Å². The number of allylic oxidation sites excluding steroid dienone is 1. The molecule has 2 heterocycles. The summed E-state index contributed by atoms with van der Waals surface area (Å²) >= 11 is 0. The molecule has 1 aliphatic rings. The number of nitrogens with one attached hydrogen (secondary N) is 2. The van der Waals surface area contributed by atoms with Gasteiger partial charge in [0.15, 0.2) is 40.8 Å². The van der Waals surface area contributed by atoms with Crippen LogP contribution in [0.5, 0.6) is 0 Å². The lowest BCUT2D eigenvalue weighted by molar-refractivity contribution is 0.468. The molecule has 0 spiro atoms. The summed E-state index contributed by atoms with van der Waals surface area (Å²) in [5.74, 6) is 3.57. The number of hydrogen-bond acceptors (Lipinski definition) is 7. The molecular weight excluding hydrogens is 1260 g/mol. The standard InChI is InChI=1S/C94H71N9/c1-4-63(62(2)73-51-74(64-31-13-5-14-32-64)53-75(52-73)65-33-15-6-16-34-65)61-94(84-48-30-29-47-82(84)83-50-49-72(60-85(83)94)86(95)97-87(96-3)78-55-76(66-35-17-7-18-36-66)54-77(56-78)67-37-19-8-20-38-67)81-58-79(92-100-88(68-39-21-9-22-40-68)98-89(101-92)69-41-23-10-24-42-69)57-80(59-81)93-102-90(70-43-25-11-26-44-70)99-91(103-93)71-45-27-12-28-46-71/h5-60,63H,2,4,61H2,1,3H3,(H2,95,96,97). The van der Waals surface area contributed by atoms with Gasteiger partial charge in [-0.25, -0.2) is 34.9 Å². The van der Waals surface area contributed by atoms with Gasteiger partial charge in [0, 0.05) is 57.0 Å². The Labute approximate surface area is 601 Å². The molecule has 2 aromatic heterocycles. The zero-order chi connectivity index (χ0) is 69.6. The summed E-state index contributed by atoms with van der Waals surface area (Å²) < 4.78 is 0. The van der Waals surface area contributed by atoms with Crippen LogP contribution in [0.1, 0.15) is 53.1 Å². The number of aliphatic imine (C=N–C) groups is 1. The molecule has 2 atom stereocenters. The Bertz CT molecular complexity index is 5260. The minimum absolute atomic E-state index is 0.0968. The third-order valence-corrected chi connectivity index (χ3v) is 19.7. The Hall–Kier alpha value is -13.2. The van der Waals surface area contributed by atoms with Gasteiger partial charge >= 0.3 is 0 Å². The maximum absolute atomic E-state index is 10.3. The van der Waals surface area contributed by atoms with E-state index in [1.54, 1.807) is 0 Å². The van der Waals surface area contributed by atoms with Gasteiger partial charge in [0.1, 0.15) is 5.84 Å². The second-order valence-electron chi connectivity index (χ2n) is 26.0. The maximum atomic E-state index is 10.3. The molecule has 9 heteroatoms. The van der Waals surface area contributed by atoms with Crippen molar-refractivity contribution >= 4 is 17.2 Å². The second kappa shape index (κ2) is 28.5. The van der Waals surface area contributed by atoms with Gasteiger partial charge < -0.3 is 5.32 Å². The average Bonchev–Trinajstić information content (AvgIpc) is 1.56. The van der Waals surface area contributed by atoms with Crippen LogP contribution in [0.2, 0.25) is 0 Å². The minimum atomic E-state index is -0.991. The highest BCUT2D eigenvalue weighted by atomic mass is 15.0. The third kappa shape index (κ3) is 13.1. The predicted octanol–water partition coefficient (Wildman–Crippen LogP) is 22.2. The van der Waals surface area contributed by atoms with Crippen molar-refractivity contribution in [3.63, 3.8) is 0 Å². The smallest absolute Gasteiger partial charge is 0.164 e. The summed E-state index contributed by atoms with van der Waals surface area (Å²) in [6, 6.07) is 118. The zero-order valence-electron chi connectivity index (χ0n) is 57.2. The summed E-state index contributed by atoms with van der Waals surface area (Å²) in [5, 5.41) is 13.8. The van der Waals surface area contributed by atoms with Crippen molar-refractivity contribution < 1.29 is 0 Å². The summed E-state index contributed by atoms with van der Waals surface area (Å²) in [5.41, 5.74) is 21.3. The molecule has 0 fully saturated rings. The number of amidine groups is 2. The lowest BCUT2D eigenvalue weighted by atomic mass is 9.65. The number of rotatable bonds is 18. The van der Waals surface area contributed by atoms with Crippen LogP contribution in [0.25, 0.3) is 130 Å². The molecule has 2 unspecified atom stereocenters. The topological polar surface area (TPSA) is 126 Å². The van der Waals surface area contributed by atoms with Gasteiger partial charge in [-0.2, -0.15) is 0 Å². The SMILES string of the molecule is C=C(c1cc(-c2ccccc2)cc(-c2ccccc2)c1)C(CC)CC1(c2cc(-c3nc(-c4ccccc4)nc(-c4ccccc4)n3)cc(-c3nc(-c4ccccc4)nc(-c4ccccc4)n3)c2)c2ccccc2-c2ccc(C(=N)N=C(NC)c3cc(-c4ccccc4)cc(-c4ccccc4)c3)cc21. The van der Waals surface area contributed by atoms with Crippen molar-refractivity contribution in [2.24, 2.45) is 10.9 Å². The number of nitrogens with zero attached hydrogens (tertiary/aromatic N) is 7. The molecule has 0 saturated heterocycles. The quantitative estimate of drug-likeness (QED) is 0.0647. The zero-order valence-corrected chi connectivity index (χ0v) is 57.2. The highest BCUT2D eigenvalue weighted by Gasteiger charge is 2.47. The summed E-state index contributed by atoms with van der Waals surface area (Å²) in [6.07, 6.45) is 1.28. The monoisotopic (exact) mass is 1330 g/mol. The van der Waals surface area contributed by atoms with Crippen LogP contribution in [0.3, 0.4) is 0 Å². The van der Waals surface area contributed by atoms with E-state index in [2.05, 4.69) is 218 Å². The fraction of sp³-hybridized carbons (Fsp3) is 0.0638. The van der Waals surface area contributed by atoms with Crippen LogP contribution in [0.15, 0.2) is 351 Å². The van der Waals surface area contributed by atoms with Crippen molar-refractivity contribution in [2.75, 3.05) is 7.05 Å². The third-order valence-electron chi connectivity index (χ3n) is 19.7. The first-order valence-electron chi connectivity index (χ1n) is 34.9. The molecule has 0 radical (unpaired) electrons. The normalized spacial score (nSPS) is 13.4. The number of hydrogen-bond donors (Lipinski definition) is 2. The van der Waals surface area contributed by atoms with E-state index in [1.165, 1.54) is 0 Å². The Morgan fingerprint density at radius 1 is 0.340 bits per heavy atom.